The fourth-order valence-corrected chi connectivity index (χ4v) is 11.7. The molecule has 0 spiro atoms. The number of nitrogens with two attached hydrogens (primary N) is 1. The number of nitrogens with zero attached hydrogens (tertiary/aromatic N) is 1. The number of Topliss-reactive ketones (excluding diaryl/α,β-unsaturated/α-hetero) is 2. The van der Waals surface area contributed by atoms with Crippen LogP contribution in [-0.4, -0.2) is 123 Å². The van der Waals surface area contributed by atoms with Crippen molar-refractivity contribution in [2.24, 2.45) is 47.2 Å². The van der Waals surface area contributed by atoms with Crippen LogP contribution in [0.4, 0.5) is 0 Å². The van der Waals surface area contributed by atoms with E-state index in [0.29, 0.717) is 67.9 Å². The Kier molecular flexibility index (Phi) is 20.1. The lowest BCUT2D eigenvalue weighted by molar-refractivity contribution is -0.264. The van der Waals surface area contributed by atoms with E-state index in [-0.39, 0.29) is 42.6 Å². The van der Waals surface area contributed by atoms with E-state index in [4.69, 9.17) is 24.7 Å². The van der Waals surface area contributed by atoms with E-state index in [2.05, 4.69) is 11.6 Å². The molecule has 1 amide bonds. The van der Waals surface area contributed by atoms with Gasteiger partial charge in [-0.1, -0.05) is 69.7 Å². The fourth-order valence-electron chi connectivity index (χ4n) is 11.2. The third-order valence-corrected chi connectivity index (χ3v) is 15.8. The van der Waals surface area contributed by atoms with E-state index in [0.717, 1.165) is 32.1 Å². The number of esters is 1. The van der Waals surface area contributed by atoms with Gasteiger partial charge in [-0.15, -0.1) is 0 Å². The molecule has 0 aromatic heterocycles. The number of piperidine rings is 1. The largest absolute Gasteiger partial charge is 0.760 e. The summed E-state index contributed by atoms with van der Waals surface area (Å²) < 4.78 is 50.4. The molecule has 66 heavy (non-hydrogen) atoms. The summed E-state index contributed by atoms with van der Waals surface area (Å²) in [5.41, 5.74) is 7.86. The van der Waals surface area contributed by atoms with E-state index < -0.39 is 89.1 Å². The van der Waals surface area contributed by atoms with Crippen molar-refractivity contribution in [3.05, 3.63) is 47.6 Å². The number of carbonyl (C=O) groups is 4. The first kappa shape index (κ1) is 54.0. The summed E-state index contributed by atoms with van der Waals surface area (Å²) in [5.74, 6) is -5.87. The first-order valence-electron chi connectivity index (χ1n) is 24.3. The highest BCUT2D eigenvalue weighted by atomic mass is 32.2. The lowest BCUT2D eigenvalue weighted by Gasteiger charge is -2.45. The summed E-state index contributed by atoms with van der Waals surface area (Å²) in [6.07, 6.45) is 14.8. The van der Waals surface area contributed by atoms with Gasteiger partial charge < -0.3 is 44.3 Å². The van der Waals surface area contributed by atoms with E-state index in [1.807, 2.05) is 26.0 Å². The van der Waals surface area contributed by atoms with Crippen LogP contribution >= 0.6 is 0 Å². The number of ketones is 2. The number of hydrogen-bond donors (Lipinski definition) is 4. The minimum absolute atomic E-state index is 0.00201. The third kappa shape index (κ3) is 13.9. The Bertz CT molecular complexity index is 1840. The summed E-state index contributed by atoms with van der Waals surface area (Å²) in [5, 5.41) is 23.4. The molecule has 5 aliphatic rings. The Hall–Kier alpha value is -2.93. The van der Waals surface area contributed by atoms with Gasteiger partial charge in [0.2, 0.25) is 5.79 Å². The second kappa shape index (κ2) is 24.6. The standard InChI is InChI=1S/C50H79N3O12S/c1-29-12-10-9-11-13-30(2)40(52-66(60)61)28-39-18-15-34(6)50(59,65-39)47(56)48(57)53-21-20-36-25-37(24-35-16-14-31(3)43(27-35)62-7)42(64-49(58)41(53)26-36)19-17-38(51)23-33(5)45(55)46(63-8)44(54)32(4)22-29/h9-13,23,29,31-32,34-43,45-46,52,55,59H,14-22,24-28,51H2,1-8H3,(H,60,61)/p-1/b11-9+,12-10+,30-13+,33-23+/t29-,31-,32?,34?,35?,36?,37?,38+,39+,40?,41?,42+,43?,45?,46+,50?/m1/s1. The lowest BCUT2D eigenvalue weighted by atomic mass is 9.72. The molecule has 0 aromatic carbocycles. The normalized spacial score (nSPS) is 42.8. The number of aliphatic hydroxyl groups is 2. The summed E-state index contributed by atoms with van der Waals surface area (Å²) in [4.78, 5) is 57.9. The van der Waals surface area contributed by atoms with Crippen LogP contribution < -0.4 is 10.5 Å². The van der Waals surface area contributed by atoms with Crippen LogP contribution in [0.15, 0.2) is 47.6 Å². The van der Waals surface area contributed by atoms with Gasteiger partial charge in [0.15, 0.2) is 5.78 Å². The number of ether oxygens (including phenoxy) is 4. The van der Waals surface area contributed by atoms with Gasteiger partial charge >= 0.3 is 5.97 Å². The van der Waals surface area contributed by atoms with E-state index in [1.54, 1.807) is 52.2 Å². The van der Waals surface area contributed by atoms with Crippen LogP contribution in [0.1, 0.15) is 125 Å². The van der Waals surface area contributed by atoms with Crippen molar-refractivity contribution in [3.63, 3.8) is 0 Å². The maximum atomic E-state index is 14.4. The maximum Gasteiger partial charge on any atom is 0.329 e. The minimum Gasteiger partial charge on any atom is -0.760 e. The number of allylic oxidation sites excluding steroid dienone is 5. The number of hydrogen-bond acceptors (Lipinski definition) is 13. The zero-order valence-corrected chi connectivity index (χ0v) is 41.3. The SMILES string of the molecule is COC1CC(CC2CC3CCN4C(=O)C(=O)C5(O)O[C@@H](CCC5C)CC(NS(=O)[O-])/C(C)=C/C=C/C=C/[C@@H](C)CC(C)C(=O)[C@H](OC)C(O)/C(C)=C/[C@@H](N)CC[C@@H]2OC(=O)C4C3)CC[C@H]1C. The Morgan fingerprint density at radius 1 is 0.909 bits per heavy atom. The average Bonchev–Trinajstić information content (AvgIpc) is 3.27. The molecule has 5 N–H and O–H groups in total. The van der Waals surface area contributed by atoms with Gasteiger partial charge in [0.1, 0.15) is 24.4 Å². The summed E-state index contributed by atoms with van der Waals surface area (Å²) in [6, 6.07) is -2.36. The molecule has 16 heteroatoms. The van der Waals surface area contributed by atoms with Crippen molar-refractivity contribution in [1.82, 2.24) is 9.62 Å². The molecule has 4 fully saturated rings. The third-order valence-electron chi connectivity index (χ3n) is 15.4. The summed E-state index contributed by atoms with van der Waals surface area (Å²) >= 11 is -2.66. The number of aliphatic hydroxyl groups excluding tert-OH is 1. The van der Waals surface area contributed by atoms with E-state index >= 15 is 0 Å². The van der Waals surface area contributed by atoms with Gasteiger partial charge in [-0.05, 0) is 132 Å². The van der Waals surface area contributed by atoms with Crippen molar-refractivity contribution < 1.29 is 57.1 Å². The van der Waals surface area contributed by atoms with Gasteiger partial charge in [0.05, 0.1) is 12.2 Å². The van der Waals surface area contributed by atoms with Crippen molar-refractivity contribution in [3.8, 4) is 0 Å². The molecule has 4 heterocycles. The average molecular weight is 945 g/mol. The molecule has 0 radical (unpaired) electrons. The molecule has 17 atom stereocenters. The van der Waals surface area contributed by atoms with Crippen LogP contribution in [0.5, 0.6) is 0 Å². The van der Waals surface area contributed by atoms with E-state index in [1.165, 1.54) is 12.0 Å². The molecular formula is C50H78N3O12S-. The maximum absolute atomic E-state index is 14.4. The molecule has 5 bridgehead atoms. The number of methoxy groups -OCH3 is 2. The lowest BCUT2D eigenvalue weighted by Crippen LogP contribution is -2.62. The predicted molar refractivity (Wildman–Crippen MR) is 250 cm³/mol. The van der Waals surface area contributed by atoms with E-state index in [9.17, 15) is 38.2 Å². The smallest absolute Gasteiger partial charge is 0.329 e. The predicted octanol–water partition coefficient (Wildman–Crippen LogP) is 5.32. The number of fused-ring (bicyclic) bond motifs is 5. The molecule has 5 rings (SSSR count). The second-order valence-corrected chi connectivity index (χ2v) is 21.1. The molecule has 1 saturated carbocycles. The number of amides is 1. The second-order valence-electron chi connectivity index (χ2n) is 20.4. The molecule has 4 aliphatic heterocycles. The topological polar surface area (TPSA) is 227 Å². The van der Waals surface area contributed by atoms with Crippen molar-refractivity contribution in [2.75, 3.05) is 20.8 Å². The summed E-state index contributed by atoms with van der Waals surface area (Å²) in [6.45, 7) is 11.3. The molecule has 15 nitrogen and oxygen atoms in total. The van der Waals surface area contributed by atoms with Crippen LogP contribution in [-0.2, 0) is 49.4 Å². The Morgan fingerprint density at radius 2 is 1.65 bits per heavy atom. The molecular weight excluding hydrogens is 867 g/mol. The van der Waals surface area contributed by atoms with Crippen LogP contribution in [0.2, 0.25) is 0 Å². The minimum atomic E-state index is -2.66. The van der Waals surface area contributed by atoms with Crippen molar-refractivity contribution >= 4 is 34.7 Å². The van der Waals surface area contributed by atoms with Crippen molar-refractivity contribution in [2.45, 2.75) is 179 Å². The molecule has 372 valence electrons. The van der Waals surface area contributed by atoms with Gasteiger partial charge in [0.25, 0.3) is 11.7 Å². The first-order chi connectivity index (χ1) is 31.3. The van der Waals surface area contributed by atoms with Crippen LogP contribution in [0.3, 0.4) is 0 Å². The van der Waals surface area contributed by atoms with Crippen molar-refractivity contribution in [1.29, 1.82) is 0 Å². The molecule has 0 aromatic rings. The summed E-state index contributed by atoms with van der Waals surface area (Å²) in [7, 11) is 3.16. The molecule has 3 saturated heterocycles. The number of nitrogens with one attached hydrogen (secondary N) is 1. The number of rotatable bonds is 6. The van der Waals surface area contributed by atoms with Gasteiger partial charge in [0, 0.05) is 56.0 Å². The van der Waals surface area contributed by atoms with Gasteiger partial charge in [-0.2, -0.15) is 0 Å². The monoisotopic (exact) mass is 945 g/mol. The Morgan fingerprint density at radius 3 is 2.35 bits per heavy atom. The first-order valence-corrected chi connectivity index (χ1v) is 25.4. The quantitative estimate of drug-likeness (QED) is 0.115. The molecule has 1 aliphatic carbocycles. The highest BCUT2D eigenvalue weighted by Crippen LogP contribution is 2.42. The Balaban J connectivity index is 1.48. The Labute approximate surface area is 395 Å². The highest BCUT2D eigenvalue weighted by Gasteiger charge is 2.54. The highest BCUT2D eigenvalue weighted by molar-refractivity contribution is 7.77. The van der Waals surface area contributed by atoms with Crippen LogP contribution in [0, 0.1) is 41.4 Å². The zero-order chi connectivity index (χ0) is 48.5. The van der Waals surface area contributed by atoms with Gasteiger partial charge in [-0.3, -0.25) is 18.6 Å². The fraction of sp³-hybridized carbons (Fsp3) is 0.760. The zero-order valence-electron chi connectivity index (χ0n) is 40.4. The number of carbonyl (C=O) groups excluding carboxylic acids is 4. The van der Waals surface area contributed by atoms with Crippen LogP contribution in [0.25, 0.3) is 0 Å². The van der Waals surface area contributed by atoms with Gasteiger partial charge in [-0.25, -0.2) is 9.52 Å². The molecule has 11 unspecified atom stereocenters.